The number of thiocarbonyl (C=S) groups is 1. The Kier molecular flexibility index (Phi) is 2.70. The van der Waals surface area contributed by atoms with E-state index in [4.69, 9.17) is 29.6 Å². The first kappa shape index (κ1) is 10.1. The Morgan fingerprint density at radius 2 is 2.27 bits per heavy atom. The van der Waals surface area contributed by atoms with Crippen molar-refractivity contribution in [1.29, 1.82) is 0 Å². The zero-order valence-corrected chi connectivity index (χ0v) is 9.29. The summed E-state index contributed by atoms with van der Waals surface area (Å²) in [7, 11) is 0. The molecule has 0 atom stereocenters. The Labute approximate surface area is 97.5 Å². The fourth-order valence-corrected chi connectivity index (χ4v) is 1.65. The van der Waals surface area contributed by atoms with E-state index >= 15 is 0 Å². The summed E-state index contributed by atoms with van der Waals surface area (Å²) in [6.07, 6.45) is 3.50. The number of hydrogen-bond donors (Lipinski definition) is 1. The van der Waals surface area contributed by atoms with Crippen LogP contribution in [-0.4, -0.2) is 14.8 Å². The van der Waals surface area contributed by atoms with Gasteiger partial charge in [-0.3, -0.25) is 0 Å². The number of hydrogen-bond acceptors (Lipinski definition) is 2. The molecule has 2 N–H and O–H groups in total. The lowest BCUT2D eigenvalue weighted by Gasteiger charge is -2.08. The Bertz CT molecular complexity index is 493. The maximum absolute atomic E-state index is 5.91. The summed E-state index contributed by atoms with van der Waals surface area (Å²) in [5.74, 6) is 0. The van der Waals surface area contributed by atoms with Crippen molar-refractivity contribution >= 4 is 28.8 Å². The van der Waals surface area contributed by atoms with Crippen molar-refractivity contribution in [3.05, 3.63) is 47.2 Å². The quantitative estimate of drug-likeness (QED) is 0.815. The first-order chi connectivity index (χ1) is 7.18. The fraction of sp³-hybridized carbons (Fsp3) is 0. The molecule has 0 aliphatic carbocycles. The van der Waals surface area contributed by atoms with Gasteiger partial charge in [0.15, 0.2) is 0 Å². The van der Waals surface area contributed by atoms with Gasteiger partial charge >= 0.3 is 0 Å². The van der Waals surface area contributed by atoms with Crippen LogP contribution in [0.25, 0.3) is 5.69 Å². The molecule has 0 spiro atoms. The van der Waals surface area contributed by atoms with Gasteiger partial charge in [-0.15, -0.1) is 0 Å². The van der Waals surface area contributed by atoms with Crippen molar-refractivity contribution in [2.75, 3.05) is 0 Å². The molecule has 1 heterocycles. The zero-order chi connectivity index (χ0) is 10.8. The number of aromatic nitrogens is 2. The van der Waals surface area contributed by atoms with E-state index < -0.39 is 0 Å². The summed E-state index contributed by atoms with van der Waals surface area (Å²) >= 11 is 10.9. The van der Waals surface area contributed by atoms with Crippen LogP contribution in [0.5, 0.6) is 0 Å². The highest BCUT2D eigenvalue weighted by atomic mass is 35.5. The van der Waals surface area contributed by atoms with Crippen LogP contribution in [0, 0.1) is 0 Å². The van der Waals surface area contributed by atoms with Crippen LogP contribution < -0.4 is 5.73 Å². The fourth-order valence-electron chi connectivity index (χ4n) is 1.31. The number of halogens is 1. The Morgan fingerprint density at radius 1 is 1.47 bits per heavy atom. The van der Waals surface area contributed by atoms with Crippen LogP contribution in [0.4, 0.5) is 0 Å². The first-order valence-electron chi connectivity index (χ1n) is 4.28. The van der Waals surface area contributed by atoms with Crippen molar-refractivity contribution in [1.82, 2.24) is 9.78 Å². The molecular formula is C10H8ClN3S. The lowest BCUT2D eigenvalue weighted by Crippen LogP contribution is -2.13. The standard InChI is InChI=1S/C10H8ClN3S/c11-7-2-3-8(10(12)15)9(6-7)14-5-1-4-13-14/h1-6H,(H2,12,15). The van der Waals surface area contributed by atoms with Crippen molar-refractivity contribution in [3.8, 4) is 5.69 Å². The molecule has 0 unspecified atom stereocenters. The van der Waals surface area contributed by atoms with Gasteiger partial charge in [-0.05, 0) is 24.3 Å². The SMILES string of the molecule is NC(=S)c1ccc(Cl)cc1-n1cccn1. The van der Waals surface area contributed by atoms with E-state index in [9.17, 15) is 0 Å². The molecule has 3 nitrogen and oxygen atoms in total. The summed E-state index contributed by atoms with van der Waals surface area (Å²) in [5, 5.41) is 4.74. The summed E-state index contributed by atoms with van der Waals surface area (Å²) in [6.45, 7) is 0. The molecule has 0 amide bonds. The average molecular weight is 238 g/mol. The molecule has 0 radical (unpaired) electrons. The highest BCUT2D eigenvalue weighted by molar-refractivity contribution is 7.80. The van der Waals surface area contributed by atoms with Crippen LogP contribution in [0.2, 0.25) is 5.02 Å². The normalized spacial score (nSPS) is 10.2. The van der Waals surface area contributed by atoms with Gasteiger partial charge in [0.05, 0.1) is 5.69 Å². The molecule has 2 aromatic rings. The predicted molar refractivity (Wildman–Crippen MR) is 64.5 cm³/mol. The van der Waals surface area contributed by atoms with Gasteiger partial charge in [-0.2, -0.15) is 5.10 Å². The third-order valence-corrected chi connectivity index (χ3v) is 2.43. The third-order valence-electron chi connectivity index (χ3n) is 1.98. The number of nitrogens with zero attached hydrogens (tertiary/aromatic N) is 2. The van der Waals surface area contributed by atoms with E-state index in [0.29, 0.717) is 10.0 Å². The van der Waals surface area contributed by atoms with Gasteiger partial charge in [0, 0.05) is 23.0 Å². The third kappa shape index (κ3) is 2.00. The molecule has 1 aromatic carbocycles. The summed E-state index contributed by atoms with van der Waals surface area (Å²) in [5.41, 5.74) is 7.17. The van der Waals surface area contributed by atoms with Crippen LogP contribution >= 0.6 is 23.8 Å². The first-order valence-corrected chi connectivity index (χ1v) is 5.06. The monoisotopic (exact) mass is 237 g/mol. The maximum Gasteiger partial charge on any atom is 0.106 e. The predicted octanol–water partition coefficient (Wildman–Crippen LogP) is 2.16. The molecule has 2 rings (SSSR count). The van der Waals surface area contributed by atoms with E-state index in [1.807, 2.05) is 12.3 Å². The van der Waals surface area contributed by atoms with E-state index in [0.717, 1.165) is 11.3 Å². The maximum atomic E-state index is 5.91. The Morgan fingerprint density at radius 3 is 2.87 bits per heavy atom. The minimum absolute atomic E-state index is 0.331. The lowest BCUT2D eigenvalue weighted by molar-refractivity contribution is 0.879. The van der Waals surface area contributed by atoms with Gasteiger partial charge < -0.3 is 5.73 Å². The number of rotatable bonds is 2. The molecule has 15 heavy (non-hydrogen) atoms. The van der Waals surface area contributed by atoms with Crippen molar-refractivity contribution < 1.29 is 0 Å². The van der Waals surface area contributed by atoms with Crippen LogP contribution in [0.3, 0.4) is 0 Å². The van der Waals surface area contributed by atoms with Gasteiger partial charge in [0.2, 0.25) is 0 Å². The molecule has 0 bridgehead atoms. The van der Waals surface area contributed by atoms with Gasteiger partial charge in [-0.1, -0.05) is 23.8 Å². The molecule has 76 valence electrons. The van der Waals surface area contributed by atoms with E-state index in [-0.39, 0.29) is 0 Å². The highest BCUT2D eigenvalue weighted by Gasteiger charge is 2.07. The lowest BCUT2D eigenvalue weighted by atomic mass is 10.2. The van der Waals surface area contributed by atoms with Crippen molar-refractivity contribution in [2.24, 2.45) is 5.73 Å². The van der Waals surface area contributed by atoms with E-state index in [1.54, 1.807) is 29.1 Å². The van der Waals surface area contributed by atoms with Gasteiger partial charge in [0.25, 0.3) is 0 Å². The second kappa shape index (κ2) is 4.00. The summed E-state index contributed by atoms with van der Waals surface area (Å²) in [6, 6.07) is 7.15. The molecule has 0 aliphatic rings. The highest BCUT2D eigenvalue weighted by Crippen LogP contribution is 2.19. The molecule has 0 fully saturated rings. The molecule has 0 saturated heterocycles. The smallest absolute Gasteiger partial charge is 0.106 e. The van der Waals surface area contributed by atoms with Crippen LogP contribution in [-0.2, 0) is 0 Å². The zero-order valence-electron chi connectivity index (χ0n) is 7.72. The number of nitrogens with two attached hydrogens (primary N) is 1. The van der Waals surface area contributed by atoms with Gasteiger partial charge in [0.1, 0.15) is 4.99 Å². The largest absolute Gasteiger partial charge is 0.389 e. The van der Waals surface area contributed by atoms with Gasteiger partial charge in [-0.25, -0.2) is 4.68 Å². The Balaban J connectivity index is 2.63. The average Bonchev–Trinajstić information content (AvgIpc) is 2.69. The minimum atomic E-state index is 0.331. The molecular weight excluding hydrogens is 230 g/mol. The molecule has 5 heteroatoms. The molecule has 0 saturated carbocycles. The van der Waals surface area contributed by atoms with Crippen LogP contribution in [0.1, 0.15) is 5.56 Å². The second-order valence-corrected chi connectivity index (χ2v) is 3.85. The van der Waals surface area contributed by atoms with E-state index in [2.05, 4.69) is 5.10 Å². The van der Waals surface area contributed by atoms with Crippen LogP contribution in [0.15, 0.2) is 36.7 Å². The molecule has 0 aliphatic heterocycles. The summed E-state index contributed by atoms with van der Waals surface area (Å²) in [4.78, 5) is 0.331. The Hall–Kier alpha value is -1.39. The second-order valence-electron chi connectivity index (χ2n) is 2.98. The van der Waals surface area contributed by atoms with Crippen molar-refractivity contribution in [3.63, 3.8) is 0 Å². The molecule has 1 aromatic heterocycles. The van der Waals surface area contributed by atoms with E-state index in [1.165, 1.54) is 0 Å². The number of benzene rings is 1. The minimum Gasteiger partial charge on any atom is -0.389 e. The topological polar surface area (TPSA) is 43.8 Å². The summed E-state index contributed by atoms with van der Waals surface area (Å²) < 4.78 is 1.68. The van der Waals surface area contributed by atoms with Crippen molar-refractivity contribution in [2.45, 2.75) is 0 Å².